The minimum Gasteiger partial charge on any atom is -0.341 e. The van der Waals surface area contributed by atoms with Gasteiger partial charge in [-0.05, 0) is 25.8 Å². The SMILES string of the molecule is CC(NC(=O)c1ccnc(F)c1)C(=O)N1CCCC1. The smallest absolute Gasteiger partial charge is 0.252 e. The Morgan fingerprint density at radius 1 is 1.42 bits per heavy atom. The normalized spacial score (nSPS) is 16.2. The highest BCUT2D eigenvalue weighted by Gasteiger charge is 2.24. The van der Waals surface area contributed by atoms with Crippen molar-refractivity contribution in [3.05, 3.63) is 29.8 Å². The summed E-state index contributed by atoms with van der Waals surface area (Å²) in [5.41, 5.74) is 0.161. The standard InChI is InChI=1S/C13H16FN3O2/c1-9(13(19)17-6-2-3-7-17)16-12(18)10-4-5-15-11(14)8-10/h4-5,8-9H,2-3,6-7H2,1H3,(H,16,18). The van der Waals surface area contributed by atoms with Gasteiger partial charge in [0.25, 0.3) is 5.91 Å². The number of amides is 2. The fraction of sp³-hybridized carbons (Fsp3) is 0.462. The van der Waals surface area contributed by atoms with Gasteiger partial charge in [0, 0.05) is 30.9 Å². The minimum atomic E-state index is -0.717. The molecular weight excluding hydrogens is 249 g/mol. The summed E-state index contributed by atoms with van der Waals surface area (Å²) in [6.45, 7) is 3.11. The quantitative estimate of drug-likeness (QED) is 0.828. The van der Waals surface area contributed by atoms with Crippen LogP contribution < -0.4 is 5.32 Å². The molecule has 2 rings (SSSR count). The maximum absolute atomic E-state index is 12.9. The van der Waals surface area contributed by atoms with Gasteiger partial charge in [-0.3, -0.25) is 9.59 Å². The van der Waals surface area contributed by atoms with E-state index in [2.05, 4.69) is 10.3 Å². The third-order valence-corrected chi connectivity index (χ3v) is 3.12. The molecule has 0 bridgehead atoms. The fourth-order valence-corrected chi connectivity index (χ4v) is 2.10. The Labute approximate surface area is 110 Å². The van der Waals surface area contributed by atoms with Crippen molar-refractivity contribution in [1.82, 2.24) is 15.2 Å². The largest absolute Gasteiger partial charge is 0.341 e. The lowest BCUT2D eigenvalue weighted by Gasteiger charge is -2.21. The van der Waals surface area contributed by atoms with Crippen molar-refractivity contribution in [3.63, 3.8) is 0 Å². The topological polar surface area (TPSA) is 62.3 Å². The first kappa shape index (κ1) is 13.5. The van der Waals surface area contributed by atoms with Crippen LogP contribution in [0.4, 0.5) is 4.39 Å². The number of aromatic nitrogens is 1. The Kier molecular flexibility index (Phi) is 4.09. The number of rotatable bonds is 3. The second-order valence-electron chi connectivity index (χ2n) is 4.59. The minimum absolute atomic E-state index is 0.0969. The molecule has 0 aliphatic carbocycles. The van der Waals surface area contributed by atoms with Gasteiger partial charge >= 0.3 is 0 Å². The molecule has 1 aliphatic rings. The summed E-state index contributed by atoms with van der Waals surface area (Å²) >= 11 is 0. The van der Waals surface area contributed by atoms with Gasteiger partial charge in [0.15, 0.2) is 0 Å². The van der Waals surface area contributed by atoms with Crippen molar-refractivity contribution in [2.24, 2.45) is 0 Å². The molecule has 5 nitrogen and oxygen atoms in total. The zero-order valence-corrected chi connectivity index (χ0v) is 10.7. The van der Waals surface area contributed by atoms with Gasteiger partial charge in [-0.25, -0.2) is 4.98 Å². The molecule has 1 N–H and O–H groups in total. The van der Waals surface area contributed by atoms with E-state index in [0.717, 1.165) is 32.0 Å². The van der Waals surface area contributed by atoms with Crippen LogP contribution in [0.5, 0.6) is 0 Å². The first-order chi connectivity index (χ1) is 9.08. The molecule has 1 aliphatic heterocycles. The van der Waals surface area contributed by atoms with Crippen LogP contribution in [-0.4, -0.2) is 40.8 Å². The van der Waals surface area contributed by atoms with E-state index >= 15 is 0 Å². The molecule has 0 aromatic carbocycles. The number of hydrogen-bond donors (Lipinski definition) is 1. The molecule has 0 spiro atoms. The van der Waals surface area contributed by atoms with Crippen LogP contribution in [0.2, 0.25) is 0 Å². The van der Waals surface area contributed by atoms with E-state index in [1.807, 2.05) is 0 Å². The Bertz CT molecular complexity index is 487. The lowest BCUT2D eigenvalue weighted by molar-refractivity contribution is -0.131. The summed E-state index contributed by atoms with van der Waals surface area (Å²) < 4.78 is 12.9. The molecule has 19 heavy (non-hydrogen) atoms. The van der Waals surface area contributed by atoms with Crippen LogP contribution in [-0.2, 0) is 4.79 Å². The molecular formula is C13H16FN3O2. The van der Waals surface area contributed by atoms with Crippen molar-refractivity contribution in [2.75, 3.05) is 13.1 Å². The zero-order chi connectivity index (χ0) is 13.8. The van der Waals surface area contributed by atoms with Gasteiger partial charge in [0.2, 0.25) is 11.9 Å². The summed E-state index contributed by atoms with van der Waals surface area (Å²) in [5.74, 6) is -1.28. The molecule has 0 radical (unpaired) electrons. The Morgan fingerprint density at radius 3 is 2.74 bits per heavy atom. The van der Waals surface area contributed by atoms with Gasteiger partial charge in [0.05, 0.1) is 0 Å². The predicted molar refractivity (Wildman–Crippen MR) is 66.9 cm³/mol. The average Bonchev–Trinajstić information content (AvgIpc) is 2.91. The highest BCUT2D eigenvalue weighted by Crippen LogP contribution is 2.09. The van der Waals surface area contributed by atoms with Crippen LogP contribution in [0.15, 0.2) is 18.3 Å². The van der Waals surface area contributed by atoms with E-state index in [0.29, 0.717) is 0 Å². The molecule has 2 heterocycles. The average molecular weight is 265 g/mol. The van der Waals surface area contributed by atoms with Crippen LogP contribution in [0.1, 0.15) is 30.1 Å². The highest BCUT2D eigenvalue weighted by atomic mass is 19.1. The summed E-state index contributed by atoms with van der Waals surface area (Å²) in [5, 5.41) is 2.58. The third kappa shape index (κ3) is 3.27. The third-order valence-electron chi connectivity index (χ3n) is 3.12. The second kappa shape index (κ2) is 5.77. The molecule has 1 fully saturated rings. The number of carbonyl (C=O) groups excluding carboxylic acids is 2. The number of nitrogens with zero attached hydrogens (tertiary/aromatic N) is 2. The van der Waals surface area contributed by atoms with Crippen LogP contribution >= 0.6 is 0 Å². The number of carbonyl (C=O) groups is 2. The molecule has 1 aromatic heterocycles. The van der Waals surface area contributed by atoms with Gasteiger partial charge < -0.3 is 10.2 Å². The molecule has 1 unspecified atom stereocenters. The zero-order valence-electron chi connectivity index (χ0n) is 10.7. The van der Waals surface area contributed by atoms with Crippen LogP contribution in [0.25, 0.3) is 0 Å². The number of hydrogen-bond acceptors (Lipinski definition) is 3. The number of halogens is 1. The van der Waals surface area contributed by atoms with E-state index in [-0.39, 0.29) is 11.5 Å². The van der Waals surface area contributed by atoms with Crippen molar-refractivity contribution in [1.29, 1.82) is 0 Å². The monoisotopic (exact) mass is 265 g/mol. The Balaban J connectivity index is 1.96. The lowest BCUT2D eigenvalue weighted by Crippen LogP contribution is -2.45. The summed E-state index contributed by atoms with van der Waals surface area (Å²) in [6, 6.07) is 1.84. The molecule has 0 saturated carbocycles. The first-order valence-electron chi connectivity index (χ1n) is 6.29. The summed E-state index contributed by atoms with van der Waals surface area (Å²) in [6.07, 6.45) is 3.22. The number of pyridine rings is 1. The Hall–Kier alpha value is -1.98. The van der Waals surface area contributed by atoms with E-state index in [1.165, 1.54) is 12.3 Å². The lowest BCUT2D eigenvalue weighted by atomic mass is 10.2. The van der Waals surface area contributed by atoms with Gasteiger partial charge in [-0.2, -0.15) is 4.39 Å². The summed E-state index contributed by atoms with van der Waals surface area (Å²) in [4.78, 5) is 29.0. The van der Waals surface area contributed by atoms with Crippen molar-refractivity contribution in [3.8, 4) is 0 Å². The Morgan fingerprint density at radius 2 is 2.11 bits per heavy atom. The van der Waals surface area contributed by atoms with Crippen molar-refractivity contribution in [2.45, 2.75) is 25.8 Å². The van der Waals surface area contributed by atoms with E-state index in [4.69, 9.17) is 0 Å². The molecule has 102 valence electrons. The highest BCUT2D eigenvalue weighted by molar-refractivity contribution is 5.97. The molecule has 1 aromatic rings. The first-order valence-corrected chi connectivity index (χ1v) is 6.29. The molecule has 2 amide bonds. The molecule has 1 saturated heterocycles. The maximum Gasteiger partial charge on any atom is 0.252 e. The van der Waals surface area contributed by atoms with Gasteiger partial charge in [-0.1, -0.05) is 0 Å². The van der Waals surface area contributed by atoms with Gasteiger partial charge in [0.1, 0.15) is 6.04 Å². The fourth-order valence-electron chi connectivity index (χ4n) is 2.10. The van der Waals surface area contributed by atoms with Crippen molar-refractivity contribution >= 4 is 11.8 Å². The molecule has 1 atom stereocenters. The van der Waals surface area contributed by atoms with E-state index < -0.39 is 17.9 Å². The maximum atomic E-state index is 12.9. The van der Waals surface area contributed by atoms with E-state index in [1.54, 1.807) is 11.8 Å². The van der Waals surface area contributed by atoms with Crippen LogP contribution in [0, 0.1) is 5.95 Å². The van der Waals surface area contributed by atoms with Gasteiger partial charge in [-0.15, -0.1) is 0 Å². The van der Waals surface area contributed by atoms with Crippen LogP contribution in [0.3, 0.4) is 0 Å². The number of nitrogens with one attached hydrogen (secondary N) is 1. The van der Waals surface area contributed by atoms with Crippen molar-refractivity contribution < 1.29 is 14.0 Å². The summed E-state index contributed by atoms with van der Waals surface area (Å²) in [7, 11) is 0. The molecule has 6 heteroatoms. The number of likely N-dealkylation sites (tertiary alicyclic amines) is 1. The predicted octanol–water partition coefficient (Wildman–Crippen LogP) is 0.961. The second-order valence-corrected chi connectivity index (χ2v) is 4.59. The van der Waals surface area contributed by atoms with E-state index in [9.17, 15) is 14.0 Å².